The molecule has 0 radical (unpaired) electrons. The van der Waals surface area contributed by atoms with Crippen LogP contribution in [-0.2, 0) is 19.6 Å². The average Bonchev–Trinajstić information content (AvgIpc) is 2.69. The molecule has 7 nitrogen and oxygen atoms in total. The van der Waals surface area contributed by atoms with Crippen LogP contribution in [0.15, 0.2) is 59.5 Å². The molecule has 1 fully saturated rings. The summed E-state index contributed by atoms with van der Waals surface area (Å²) in [5.74, 6) is -0.187. The Bertz CT molecular complexity index is 870. The number of benzene rings is 2. The van der Waals surface area contributed by atoms with E-state index in [0.717, 1.165) is 12.8 Å². The number of halogens is 1. The number of sulfonamides is 1. The van der Waals surface area contributed by atoms with Crippen LogP contribution in [0.1, 0.15) is 12.8 Å². The number of rotatable bonds is 6. The third kappa shape index (κ3) is 5.68. The molecule has 1 aliphatic heterocycles. The summed E-state index contributed by atoms with van der Waals surface area (Å²) in [6.45, 7) is 1.24. The third-order valence-corrected chi connectivity index (χ3v) is 5.93. The van der Waals surface area contributed by atoms with Crippen molar-refractivity contribution in [3.05, 3.63) is 54.6 Å². The Kier molecular flexibility index (Phi) is 7.82. The second-order valence-electron chi connectivity index (χ2n) is 6.46. The zero-order chi connectivity index (χ0) is 19.3. The largest absolute Gasteiger partial charge is 0.381 e. The van der Waals surface area contributed by atoms with Gasteiger partial charge in [0, 0.05) is 24.6 Å². The molecule has 4 N–H and O–H groups in total. The number of amides is 1. The first-order valence-corrected chi connectivity index (χ1v) is 10.3. The van der Waals surface area contributed by atoms with Gasteiger partial charge in [0.1, 0.15) is 0 Å². The van der Waals surface area contributed by atoms with Crippen molar-refractivity contribution in [3.8, 4) is 0 Å². The topological polar surface area (TPSA) is 111 Å². The number of carbonyl (C=O) groups is 1. The van der Waals surface area contributed by atoms with Crippen LogP contribution < -0.4 is 15.8 Å². The highest BCUT2D eigenvalue weighted by molar-refractivity contribution is 7.92. The number of para-hydroxylation sites is 1. The van der Waals surface area contributed by atoms with Crippen molar-refractivity contribution in [1.29, 1.82) is 0 Å². The SMILES string of the molecule is Cl.NC(C(=O)Nc1ccc(S(=O)(=O)Nc2ccccc2)cc1)C1CCOCC1. The molecule has 0 bridgehead atoms. The van der Waals surface area contributed by atoms with Gasteiger partial charge in [0.15, 0.2) is 0 Å². The van der Waals surface area contributed by atoms with Crippen molar-refractivity contribution >= 4 is 39.7 Å². The van der Waals surface area contributed by atoms with Gasteiger partial charge in [-0.1, -0.05) is 18.2 Å². The molecule has 1 atom stereocenters. The van der Waals surface area contributed by atoms with E-state index in [-0.39, 0.29) is 29.1 Å². The summed E-state index contributed by atoms with van der Waals surface area (Å²) < 4.78 is 32.6. The van der Waals surface area contributed by atoms with E-state index in [9.17, 15) is 13.2 Å². The predicted molar refractivity (Wildman–Crippen MR) is 111 cm³/mol. The smallest absolute Gasteiger partial charge is 0.261 e. The fraction of sp³-hybridized carbons (Fsp3) is 0.316. The van der Waals surface area contributed by atoms with Gasteiger partial charge in [-0.2, -0.15) is 0 Å². The lowest BCUT2D eigenvalue weighted by molar-refractivity contribution is -0.119. The van der Waals surface area contributed by atoms with Crippen LogP contribution in [-0.4, -0.2) is 33.6 Å². The summed E-state index contributed by atoms with van der Waals surface area (Å²) in [5.41, 5.74) is 7.04. The lowest BCUT2D eigenvalue weighted by Gasteiger charge is -2.26. The molecule has 1 saturated heterocycles. The maximum Gasteiger partial charge on any atom is 0.261 e. The molecule has 2 aromatic rings. The van der Waals surface area contributed by atoms with Crippen LogP contribution in [0.3, 0.4) is 0 Å². The van der Waals surface area contributed by atoms with Gasteiger partial charge < -0.3 is 15.8 Å². The predicted octanol–water partition coefficient (Wildman–Crippen LogP) is 2.60. The van der Waals surface area contributed by atoms with Crippen molar-refractivity contribution in [2.75, 3.05) is 23.3 Å². The Hall–Kier alpha value is -2.13. The second kappa shape index (κ2) is 9.88. The molecule has 2 aromatic carbocycles. The van der Waals surface area contributed by atoms with E-state index < -0.39 is 16.1 Å². The number of anilines is 2. The molecule has 9 heteroatoms. The van der Waals surface area contributed by atoms with Crippen LogP contribution in [0.25, 0.3) is 0 Å². The van der Waals surface area contributed by atoms with Crippen LogP contribution >= 0.6 is 12.4 Å². The van der Waals surface area contributed by atoms with Crippen LogP contribution in [0.4, 0.5) is 11.4 Å². The second-order valence-corrected chi connectivity index (χ2v) is 8.14. The summed E-state index contributed by atoms with van der Waals surface area (Å²) >= 11 is 0. The first kappa shape index (κ1) is 22.2. The minimum atomic E-state index is -3.69. The molecule has 0 spiro atoms. The Morgan fingerprint density at radius 3 is 2.21 bits per heavy atom. The molecule has 1 amide bonds. The standard InChI is InChI=1S/C19H23N3O4S.ClH/c20-18(14-10-12-26-13-11-14)19(23)21-15-6-8-17(9-7-15)27(24,25)22-16-4-2-1-3-5-16;/h1-9,14,18,22H,10-13,20H2,(H,21,23);1H. The Morgan fingerprint density at radius 1 is 1.00 bits per heavy atom. The fourth-order valence-corrected chi connectivity index (χ4v) is 4.01. The van der Waals surface area contributed by atoms with Gasteiger partial charge in [0.2, 0.25) is 5.91 Å². The molecular formula is C19H24ClN3O4S. The maximum absolute atomic E-state index is 12.4. The van der Waals surface area contributed by atoms with Crippen molar-refractivity contribution in [2.45, 2.75) is 23.8 Å². The number of hydrogen-bond acceptors (Lipinski definition) is 5. The summed E-state index contributed by atoms with van der Waals surface area (Å²) in [4.78, 5) is 12.4. The fourth-order valence-electron chi connectivity index (χ4n) is 2.95. The van der Waals surface area contributed by atoms with Crippen molar-refractivity contribution in [3.63, 3.8) is 0 Å². The highest BCUT2D eigenvalue weighted by Gasteiger charge is 2.26. The first-order valence-electron chi connectivity index (χ1n) is 8.78. The molecule has 3 rings (SSSR count). The van der Waals surface area contributed by atoms with Gasteiger partial charge in [-0.05, 0) is 55.2 Å². The minimum absolute atomic E-state index is 0. The van der Waals surface area contributed by atoms with Crippen LogP contribution in [0.5, 0.6) is 0 Å². The zero-order valence-electron chi connectivity index (χ0n) is 15.2. The zero-order valence-corrected chi connectivity index (χ0v) is 16.8. The number of nitrogens with one attached hydrogen (secondary N) is 2. The van der Waals surface area contributed by atoms with Crippen LogP contribution in [0, 0.1) is 5.92 Å². The van der Waals surface area contributed by atoms with Crippen molar-refractivity contribution < 1.29 is 17.9 Å². The van der Waals surface area contributed by atoms with Crippen molar-refractivity contribution in [1.82, 2.24) is 0 Å². The van der Waals surface area contributed by atoms with Crippen LogP contribution in [0.2, 0.25) is 0 Å². The molecule has 28 heavy (non-hydrogen) atoms. The molecule has 1 heterocycles. The van der Waals surface area contributed by atoms with E-state index in [1.54, 1.807) is 42.5 Å². The van der Waals surface area contributed by atoms with Gasteiger partial charge in [-0.3, -0.25) is 9.52 Å². The molecule has 0 saturated carbocycles. The maximum atomic E-state index is 12.4. The quantitative estimate of drug-likeness (QED) is 0.658. The molecule has 152 valence electrons. The summed E-state index contributed by atoms with van der Waals surface area (Å²) in [5, 5.41) is 2.75. The molecule has 0 aromatic heterocycles. The van der Waals surface area contributed by atoms with E-state index in [4.69, 9.17) is 10.5 Å². The van der Waals surface area contributed by atoms with Gasteiger partial charge in [-0.25, -0.2) is 8.42 Å². The number of nitrogens with two attached hydrogens (primary N) is 1. The van der Waals surface area contributed by atoms with Gasteiger partial charge >= 0.3 is 0 Å². The van der Waals surface area contributed by atoms with E-state index in [0.29, 0.717) is 24.6 Å². The third-order valence-electron chi connectivity index (χ3n) is 4.53. The molecule has 1 unspecified atom stereocenters. The summed E-state index contributed by atoms with van der Waals surface area (Å²) in [6.07, 6.45) is 1.52. The van der Waals surface area contributed by atoms with Gasteiger partial charge in [0.05, 0.1) is 10.9 Å². The Morgan fingerprint density at radius 2 is 1.61 bits per heavy atom. The van der Waals surface area contributed by atoms with Crippen molar-refractivity contribution in [2.24, 2.45) is 11.7 Å². The molecular weight excluding hydrogens is 402 g/mol. The van der Waals surface area contributed by atoms with E-state index in [1.807, 2.05) is 0 Å². The molecule has 1 aliphatic rings. The monoisotopic (exact) mass is 425 g/mol. The Labute approximate surface area is 171 Å². The lowest BCUT2D eigenvalue weighted by atomic mass is 9.92. The molecule has 0 aliphatic carbocycles. The Balaban J connectivity index is 0.00000280. The summed E-state index contributed by atoms with van der Waals surface area (Å²) in [6, 6.07) is 14.0. The highest BCUT2D eigenvalue weighted by Crippen LogP contribution is 2.21. The number of ether oxygens (including phenoxy) is 1. The highest BCUT2D eigenvalue weighted by atomic mass is 35.5. The first-order chi connectivity index (χ1) is 13.0. The number of carbonyl (C=O) groups excluding carboxylic acids is 1. The van der Waals surface area contributed by atoms with Gasteiger partial charge in [-0.15, -0.1) is 12.4 Å². The minimum Gasteiger partial charge on any atom is -0.381 e. The number of hydrogen-bond donors (Lipinski definition) is 3. The van der Waals surface area contributed by atoms with Gasteiger partial charge in [0.25, 0.3) is 10.0 Å². The normalized spacial score (nSPS) is 15.9. The van der Waals surface area contributed by atoms with E-state index >= 15 is 0 Å². The summed E-state index contributed by atoms with van der Waals surface area (Å²) in [7, 11) is -3.69. The average molecular weight is 426 g/mol. The lowest BCUT2D eigenvalue weighted by Crippen LogP contribution is -2.44. The van der Waals surface area contributed by atoms with E-state index in [2.05, 4.69) is 10.0 Å². The van der Waals surface area contributed by atoms with E-state index in [1.165, 1.54) is 12.1 Å².